The number of fused-ring (bicyclic) bond motifs is 2. The van der Waals surface area contributed by atoms with Gasteiger partial charge in [-0.05, 0) is 74.3 Å². The number of carbonyl (C=O) groups is 1. The molecule has 2 aromatic carbocycles. The van der Waals surface area contributed by atoms with Gasteiger partial charge in [0.05, 0.1) is 28.0 Å². The zero-order chi connectivity index (χ0) is 25.0. The zero-order valence-electron chi connectivity index (χ0n) is 21.3. The third-order valence-electron chi connectivity index (χ3n) is 8.21. The first kappa shape index (κ1) is 23.5. The molecule has 2 aromatic heterocycles. The Labute approximate surface area is 217 Å². The van der Waals surface area contributed by atoms with E-state index in [0.717, 1.165) is 52.9 Å². The van der Waals surface area contributed by atoms with E-state index in [1.807, 2.05) is 33.7 Å². The molecule has 5 nitrogen and oxygen atoms in total. The number of hydrogen-bond donors (Lipinski definition) is 0. The van der Waals surface area contributed by atoms with Crippen LogP contribution in [-0.2, 0) is 0 Å². The molecule has 3 heterocycles. The number of piperidine rings is 1. The van der Waals surface area contributed by atoms with Crippen LogP contribution < -0.4 is 0 Å². The minimum absolute atomic E-state index is 0.0130. The Morgan fingerprint density at radius 3 is 2.72 bits per heavy atom. The molecule has 1 amide bonds. The van der Waals surface area contributed by atoms with Crippen LogP contribution in [0.15, 0.2) is 42.6 Å². The number of aromatic nitrogens is 3. The highest BCUT2D eigenvalue weighted by atomic mass is 35.5. The number of nitrogens with zero attached hydrogens (tertiary/aromatic N) is 4. The summed E-state index contributed by atoms with van der Waals surface area (Å²) in [6.07, 6.45) is 8.76. The monoisotopic (exact) mass is 500 g/mol. The highest BCUT2D eigenvalue weighted by Gasteiger charge is 2.33. The van der Waals surface area contributed by atoms with Crippen LogP contribution in [0.3, 0.4) is 0 Å². The second-order valence-electron chi connectivity index (χ2n) is 11.0. The van der Waals surface area contributed by atoms with Gasteiger partial charge in [0.1, 0.15) is 0 Å². The maximum atomic E-state index is 14.0. The third-order valence-corrected chi connectivity index (χ3v) is 8.53. The Balaban J connectivity index is 1.37. The van der Waals surface area contributed by atoms with E-state index in [-0.39, 0.29) is 11.9 Å². The van der Waals surface area contributed by atoms with Gasteiger partial charge in [0, 0.05) is 24.7 Å². The van der Waals surface area contributed by atoms with Gasteiger partial charge >= 0.3 is 0 Å². The standard InChI is InChI=1S/C30H33ClN4O/c1-18-7-9-22(15-18)29-20(3)17-35-27(32-29)16-25(33-35)26-6-4-5-13-34(26)30(36)28-23-11-8-19(2)14-21(23)10-12-24(28)31/h8,10-12,14,16-18,22,26H,4-7,9,13,15H2,1-3H3/t18-,22?,26-/m0/s1. The molecule has 2 fully saturated rings. The average Bonchev–Trinajstić information content (AvgIpc) is 3.48. The molecule has 3 atom stereocenters. The van der Waals surface area contributed by atoms with Gasteiger partial charge in [-0.1, -0.05) is 54.8 Å². The molecule has 6 heteroatoms. The van der Waals surface area contributed by atoms with Gasteiger partial charge in [0.25, 0.3) is 5.91 Å². The number of likely N-dealkylation sites (tertiary alicyclic amines) is 1. The van der Waals surface area contributed by atoms with E-state index in [0.29, 0.717) is 23.0 Å². The van der Waals surface area contributed by atoms with Crippen molar-refractivity contribution in [3.8, 4) is 0 Å². The minimum Gasteiger partial charge on any atom is -0.330 e. The topological polar surface area (TPSA) is 50.5 Å². The Bertz CT molecular complexity index is 1480. The van der Waals surface area contributed by atoms with Crippen molar-refractivity contribution >= 4 is 33.9 Å². The van der Waals surface area contributed by atoms with Crippen LogP contribution in [0, 0.1) is 19.8 Å². The maximum absolute atomic E-state index is 14.0. The van der Waals surface area contributed by atoms with Crippen molar-refractivity contribution in [2.24, 2.45) is 5.92 Å². The number of carbonyl (C=O) groups excluding carboxylic acids is 1. The molecular weight excluding hydrogens is 468 g/mol. The van der Waals surface area contributed by atoms with Crippen LogP contribution in [0.5, 0.6) is 0 Å². The van der Waals surface area contributed by atoms with Gasteiger partial charge in [0.2, 0.25) is 0 Å². The summed E-state index contributed by atoms with van der Waals surface area (Å²) in [5.74, 6) is 1.29. The molecular formula is C30H33ClN4O. The van der Waals surface area contributed by atoms with Crippen molar-refractivity contribution in [1.29, 1.82) is 0 Å². The molecule has 0 radical (unpaired) electrons. The van der Waals surface area contributed by atoms with Crippen LogP contribution >= 0.6 is 11.6 Å². The Morgan fingerprint density at radius 1 is 1.06 bits per heavy atom. The van der Waals surface area contributed by atoms with E-state index in [1.54, 1.807) is 0 Å². The highest BCUT2D eigenvalue weighted by Crippen LogP contribution is 2.39. The minimum atomic E-state index is -0.0834. The second-order valence-corrected chi connectivity index (χ2v) is 11.4. The van der Waals surface area contributed by atoms with Gasteiger partial charge < -0.3 is 4.90 Å². The molecule has 0 bridgehead atoms. The van der Waals surface area contributed by atoms with Crippen molar-refractivity contribution in [3.05, 3.63) is 75.7 Å². The maximum Gasteiger partial charge on any atom is 0.256 e. The van der Waals surface area contributed by atoms with Crippen LogP contribution in [0.4, 0.5) is 0 Å². The predicted octanol–water partition coefficient (Wildman–Crippen LogP) is 7.42. The van der Waals surface area contributed by atoms with Crippen LogP contribution in [0.2, 0.25) is 5.02 Å². The Hall–Kier alpha value is -2.92. The summed E-state index contributed by atoms with van der Waals surface area (Å²) in [5, 5.41) is 7.38. The molecule has 1 saturated heterocycles. The number of halogens is 1. The first-order valence-electron chi connectivity index (χ1n) is 13.3. The summed E-state index contributed by atoms with van der Waals surface area (Å²) >= 11 is 6.65. The third kappa shape index (κ3) is 4.07. The molecule has 1 unspecified atom stereocenters. The first-order valence-corrected chi connectivity index (χ1v) is 13.6. The van der Waals surface area contributed by atoms with Crippen LogP contribution in [0.25, 0.3) is 16.4 Å². The van der Waals surface area contributed by atoms with Gasteiger partial charge in [-0.2, -0.15) is 5.10 Å². The van der Waals surface area contributed by atoms with Crippen molar-refractivity contribution in [1.82, 2.24) is 19.5 Å². The lowest BCUT2D eigenvalue weighted by Crippen LogP contribution is -2.39. The summed E-state index contributed by atoms with van der Waals surface area (Å²) in [7, 11) is 0. The fraction of sp³-hybridized carbons (Fsp3) is 0.433. The van der Waals surface area contributed by atoms with Gasteiger partial charge in [-0.25, -0.2) is 9.50 Å². The van der Waals surface area contributed by atoms with E-state index in [1.165, 1.54) is 30.5 Å². The van der Waals surface area contributed by atoms with Gasteiger partial charge in [-0.15, -0.1) is 0 Å². The van der Waals surface area contributed by atoms with E-state index in [9.17, 15) is 4.79 Å². The predicted molar refractivity (Wildman–Crippen MR) is 145 cm³/mol. The van der Waals surface area contributed by atoms with Crippen LogP contribution in [0.1, 0.15) is 90.3 Å². The lowest BCUT2D eigenvalue weighted by molar-refractivity contribution is 0.0608. The Kier molecular flexibility index (Phi) is 5.99. The molecule has 6 rings (SSSR count). The normalized spacial score (nSPS) is 22.6. The molecule has 1 saturated carbocycles. The number of amides is 1. The van der Waals surface area contributed by atoms with Gasteiger partial charge in [0.15, 0.2) is 5.65 Å². The molecule has 36 heavy (non-hydrogen) atoms. The summed E-state index contributed by atoms with van der Waals surface area (Å²) in [4.78, 5) is 21.1. The molecule has 0 spiro atoms. The van der Waals surface area contributed by atoms with Crippen molar-refractivity contribution in [2.45, 2.75) is 71.3 Å². The summed E-state index contributed by atoms with van der Waals surface area (Å²) < 4.78 is 1.90. The van der Waals surface area contributed by atoms with Crippen LogP contribution in [-0.4, -0.2) is 31.9 Å². The number of hydrogen-bond acceptors (Lipinski definition) is 3. The quantitative estimate of drug-likeness (QED) is 0.294. The molecule has 2 aliphatic rings. The summed E-state index contributed by atoms with van der Waals surface area (Å²) in [5.41, 5.74) is 5.97. The molecule has 0 N–H and O–H groups in total. The summed E-state index contributed by atoms with van der Waals surface area (Å²) in [6.45, 7) is 7.25. The smallest absolute Gasteiger partial charge is 0.256 e. The van der Waals surface area contributed by atoms with E-state index >= 15 is 0 Å². The fourth-order valence-electron chi connectivity index (χ4n) is 6.34. The lowest BCUT2D eigenvalue weighted by atomic mass is 9.96. The lowest BCUT2D eigenvalue weighted by Gasteiger charge is -2.35. The summed E-state index contributed by atoms with van der Waals surface area (Å²) in [6, 6.07) is 12.0. The average molecular weight is 501 g/mol. The second kappa shape index (κ2) is 9.19. The highest BCUT2D eigenvalue weighted by molar-refractivity contribution is 6.35. The molecule has 1 aliphatic heterocycles. The van der Waals surface area contributed by atoms with Crippen molar-refractivity contribution < 1.29 is 4.79 Å². The number of aryl methyl sites for hydroxylation is 2. The fourth-order valence-corrected chi connectivity index (χ4v) is 6.59. The van der Waals surface area contributed by atoms with Crippen molar-refractivity contribution in [2.75, 3.05) is 6.54 Å². The Morgan fingerprint density at radius 2 is 1.92 bits per heavy atom. The largest absolute Gasteiger partial charge is 0.330 e. The van der Waals surface area contributed by atoms with E-state index in [2.05, 4.69) is 39.1 Å². The van der Waals surface area contributed by atoms with Gasteiger partial charge in [-0.3, -0.25) is 4.79 Å². The number of benzene rings is 2. The molecule has 4 aromatic rings. The first-order chi connectivity index (χ1) is 17.4. The zero-order valence-corrected chi connectivity index (χ0v) is 22.1. The SMILES string of the molecule is Cc1ccc2c(C(=O)N3CCCC[C@H]3c3cc4nc(C5CC[C@H](C)C5)c(C)cn4n3)c(Cl)ccc2c1. The molecule has 186 valence electrons. The van der Waals surface area contributed by atoms with E-state index in [4.69, 9.17) is 21.7 Å². The van der Waals surface area contributed by atoms with Crippen molar-refractivity contribution in [3.63, 3.8) is 0 Å². The van der Waals surface area contributed by atoms with E-state index < -0.39 is 0 Å². The number of rotatable bonds is 3. The molecule has 1 aliphatic carbocycles.